The lowest BCUT2D eigenvalue weighted by atomic mass is 10.1. The summed E-state index contributed by atoms with van der Waals surface area (Å²) in [6.07, 6.45) is 0.864. The summed E-state index contributed by atoms with van der Waals surface area (Å²) in [5.41, 5.74) is 2.76. The minimum Gasteiger partial charge on any atom is -0.435 e. The third-order valence-corrected chi connectivity index (χ3v) is 3.46. The van der Waals surface area contributed by atoms with Gasteiger partial charge in [0.25, 0.3) is 0 Å². The lowest BCUT2D eigenvalue weighted by Gasteiger charge is -2.14. The summed E-state index contributed by atoms with van der Waals surface area (Å²) >= 11 is 5.24. The molecule has 23 heavy (non-hydrogen) atoms. The fourth-order valence-corrected chi connectivity index (χ4v) is 2.30. The van der Waals surface area contributed by atoms with Crippen molar-refractivity contribution in [1.82, 2.24) is 5.32 Å². The molecular formula is C17H18F2N2OS. The number of thiocarbonyl (C=S) groups is 1. The van der Waals surface area contributed by atoms with Crippen molar-refractivity contribution in [2.45, 2.75) is 20.0 Å². The number of hydrogen-bond donors (Lipinski definition) is 2. The molecule has 0 heterocycles. The predicted octanol–water partition coefficient (Wildman–Crippen LogP) is 4.13. The molecule has 6 heteroatoms. The van der Waals surface area contributed by atoms with E-state index in [-0.39, 0.29) is 5.75 Å². The highest BCUT2D eigenvalue weighted by Gasteiger charge is 2.07. The third-order valence-electron chi connectivity index (χ3n) is 3.21. The molecule has 0 radical (unpaired) electrons. The fourth-order valence-electron chi connectivity index (χ4n) is 2.08. The Morgan fingerprint density at radius 2 is 1.91 bits per heavy atom. The number of halogens is 2. The van der Waals surface area contributed by atoms with E-state index in [4.69, 9.17) is 12.2 Å². The van der Waals surface area contributed by atoms with E-state index in [2.05, 4.69) is 27.5 Å². The predicted molar refractivity (Wildman–Crippen MR) is 92.2 cm³/mol. The normalized spacial score (nSPS) is 10.4. The van der Waals surface area contributed by atoms with Gasteiger partial charge in [-0.1, -0.05) is 30.3 Å². The molecule has 0 saturated heterocycles. The van der Waals surface area contributed by atoms with Crippen LogP contribution in [0.1, 0.15) is 11.1 Å². The van der Waals surface area contributed by atoms with Gasteiger partial charge in [0.05, 0.1) is 0 Å². The molecule has 2 N–H and O–H groups in total. The first-order chi connectivity index (χ1) is 11.0. The molecule has 0 aliphatic rings. The van der Waals surface area contributed by atoms with E-state index in [1.54, 1.807) is 19.1 Å². The van der Waals surface area contributed by atoms with E-state index in [1.807, 2.05) is 18.2 Å². The van der Waals surface area contributed by atoms with Crippen LogP contribution < -0.4 is 15.4 Å². The SMILES string of the molecule is Cc1cc(OC(F)F)ccc1NC(=S)NCCc1ccccc1. The molecule has 0 spiro atoms. The van der Waals surface area contributed by atoms with E-state index in [9.17, 15) is 8.78 Å². The van der Waals surface area contributed by atoms with Crippen molar-refractivity contribution in [3.05, 3.63) is 59.7 Å². The molecule has 2 aromatic rings. The van der Waals surface area contributed by atoms with Crippen LogP contribution in [0.3, 0.4) is 0 Å². The van der Waals surface area contributed by atoms with Gasteiger partial charge in [0, 0.05) is 12.2 Å². The van der Waals surface area contributed by atoms with Crippen molar-refractivity contribution in [2.75, 3.05) is 11.9 Å². The second kappa shape index (κ2) is 8.43. The first-order valence-corrected chi connectivity index (χ1v) is 7.59. The van der Waals surface area contributed by atoms with Gasteiger partial charge in [0.2, 0.25) is 0 Å². The number of alkyl halides is 2. The van der Waals surface area contributed by atoms with Gasteiger partial charge in [-0.05, 0) is 54.9 Å². The van der Waals surface area contributed by atoms with E-state index in [1.165, 1.54) is 11.6 Å². The molecule has 122 valence electrons. The van der Waals surface area contributed by atoms with E-state index in [0.717, 1.165) is 17.7 Å². The molecule has 0 aliphatic heterocycles. The number of benzene rings is 2. The number of ether oxygens (including phenoxy) is 1. The molecule has 3 nitrogen and oxygen atoms in total. The topological polar surface area (TPSA) is 33.3 Å². The average molecular weight is 336 g/mol. The van der Waals surface area contributed by atoms with Crippen molar-refractivity contribution in [2.24, 2.45) is 0 Å². The maximum absolute atomic E-state index is 12.2. The van der Waals surface area contributed by atoms with E-state index >= 15 is 0 Å². The lowest BCUT2D eigenvalue weighted by molar-refractivity contribution is -0.0498. The maximum Gasteiger partial charge on any atom is 0.387 e. The quantitative estimate of drug-likeness (QED) is 0.777. The first kappa shape index (κ1) is 17.1. The van der Waals surface area contributed by atoms with Crippen LogP contribution in [0.4, 0.5) is 14.5 Å². The Morgan fingerprint density at radius 3 is 2.57 bits per heavy atom. The Hall–Kier alpha value is -2.21. The van der Waals surface area contributed by atoms with Gasteiger partial charge in [-0.2, -0.15) is 8.78 Å². The number of aryl methyl sites for hydroxylation is 1. The Labute approximate surface area is 139 Å². The Bertz CT molecular complexity index is 650. The van der Waals surface area contributed by atoms with Gasteiger partial charge in [-0.3, -0.25) is 0 Å². The van der Waals surface area contributed by atoms with Crippen molar-refractivity contribution in [3.8, 4) is 5.75 Å². The highest BCUT2D eigenvalue weighted by atomic mass is 32.1. The smallest absolute Gasteiger partial charge is 0.387 e. The monoisotopic (exact) mass is 336 g/mol. The largest absolute Gasteiger partial charge is 0.435 e. The van der Waals surface area contributed by atoms with Crippen molar-refractivity contribution < 1.29 is 13.5 Å². The van der Waals surface area contributed by atoms with Gasteiger partial charge in [-0.25, -0.2) is 0 Å². The molecule has 0 unspecified atom stereocenters. The van der Waals surface area contributed by atoms with E-state index < -0.39 is 6.61 Å². The third kappa shape index (κ3) is 5.83. The van der Waals surface area contributed by atoms with Gasteiger partial charge < -0.3 is 15.4 Å². The van der Waals surface area contributed by atoms with Crippen molar-refractivity contribution >= 4 is 23.0 Å². The Morgan fingerprint density at radius 1 is 1.17 bits per heavy atom. The molecule has 0 fully saturated rings. The minimum atomic E-state index is -2.83. The average Bonchev–Trinajstić information content (AvgIpc) is 2.50. The van der Waals surface area contributed by atoms with Crippen LogP contribution in [0.25, 0.3) is 0 Å². The highest BCUT2D eigenvalue weighted by Crippen LogP contribution is 2.22. The van der Waals surface area contributed by atoms with Gasteiger partial charge in [0.1, 0.15) is 5.75 Å². The van der Waals surface area contributed by atoms with Crippen LogP contribution in [0.2, 0.25) is 0 Å². The number of nitrogens with one attached hydrogen (secondary N) is 2. The van der Waals surface area contributed by atoms with Gasteiger partial charge >= 0.3 is 6.61 Å². The maximum atomic E-state index is 12.2. The summed E-state index contributed by atoms with van der Waals surface area (Å²) in [6, 6.07) is 14.8. The zero-order valence-electron chi connectivity index (χ0n) is 12.7. The first-order valence-electron chi connectivity index (χ1n) is 7.19. The molecule has 0 bridgehead atoms. The molecule has 2 rings (SSSR count). The number of hydrogen-bond acceptors (Lipinski definition) is 2. The molecular weight excluding hydrogens is 318 g/mol. The lowest BCUT2D eigenvalue weighted by Crippen LogP contribution is -2.30. The molecule has 0 amide bonds. The second-order valence-electron chi connectivity index (χ2n) is 4.97. The summed E-state index contributed by atoms with van der Waals surface area (Å²) in [5, 5.41) is 6.67. The van der Waals surface area contributed by atoms with Gasteiger partial charge in [0.15, 0.2) is 5.11 Å². The van der Waals surface area contributed by atoms with Gasteiger partial charge in [-0.15, -0.1) is 0 Å². The summed E-state index contributed by atoms with van der Waals surface area (Å²) in [4.78, 5) is 0. The number of anilines is 1. The van der Waals surface area contributed by atoms with Crippen LogP contribution >= 0.6 is 12.2 Å². The van der Waals surface area contributed by atoms with Crippen molar-refractivity contribution in [3.63, 3.8) is 0 Å². The standard InChI is InChI=1S/C17H18F2N2OS/c1-12-11-14(22-16(18)19)7-8-15(12)21-17(23)20-10-9-13-5-3-2-4-6-13/h2-8,11,16H,9-10H2,1H3,(H2,20,21,23). The highest BCUT2D eigenvalue weighted by molar-refractivity contribution is 7.80. The molecule has 0 saturated carbocycles. The van der Waals surface area contributed by atoms with Crippen LogP contribution in [0.5, 0.6) is 5.75 Å². The zero-order valence-corrected chi connectivity index (χ0v) is 13.5. The second-order valence-corrected chi connectivity index (χ2v) is 5.38. The van der Waals surface area contributed by atoms with Crippen LogP contribution in [-0.4, -0.2) is 18.3 Å². The fraction of sp³-hybridized carbons (Fsp3) is 0.235. The van der Waals surface area contributed by atoms with Crippen LogP contribution in [0.15, 0.2) is 48.5 Å². The molecule has 0 aliphatic carbocycles. The minimum absolute atomic E-state index is 0.131. The summed E-state index contributed by atoms with van der Waals surface area (Å²) in [5.74, 6) is 0.131. The summed E-state index contributed by atoms with van der Waals surface area (Å²) in [7, 11) is 0. The molecule has 0 aromatic heterocycles. The van der Waals surface area contributed by atoms with Crippen LogP contribution in [-0.2, 0) is 6.42 Å². The summed E-state index contributed by atoms with van der Waals surface area (Å²) in [6.45, 7) is -0.316. The Balaban J connectivity index is 1.83. The number of rotatable bonds is 6. The molecule has 0 atom stereocenters. The van der Waals surface area contributed by atoms with Crippen LogP contribution in [0, 0.1) is 6.92 Å². The van der Waals surface area contributed by atoms with E-state index in [0.29, 0.717) is 11.7 Å². The molecule has 2 aromatic carbocycles. The Kier molecular flexibility index (Phi) is 6.29. The summed E-state index contributed by atoms with van der Waals surface area (Å²) < 4.78 is 28.7. The zero-order chi connectivity index (χ0) is 16.7. The van der Waals surface area contributed by atoms with Crippen molar-refractivity contribution in [1.29, 1.82) is 0 Å².